The fraction of sp³-hybridized carbons (Fsp3) is 0.385. The molecular weight excluding hydrogens is 252 g/mol. The van der Waals surface area contributed by atoms with E-state index < -0.39 is 0 Å². The first-order chi connectivity index (χ1) is 8.61. The van der Waals surface area contributed by atoms with Crippen molar-refractivity contribution >= 4 is 23.4 Å². The van der Waals surface area contributed by atoms with Crippen molar-refractivity contribution in [3.8, 4) is 0 Å². The van der Waals surface area contributed by atoms with Crippen LogP contribution in [0.2, 0.25) is 0 Å². The summed E-state index contributed by atoms with van der Waals surface area (Å²) in [6.07, 6.45) is 0. The molecule has 1 fully saturated rings. The Bertz CT molecular complexity index is 476. The van der Waals surface area contributed by atoms with E-state index in [1.54, 1.807) is 29.0 Å². The number of carbonyl (C=O) groups excluding carboxylic acids is 2. The quantitative estimate of drug-likeness (QED) is 0.758. The van der Waals surface area contributed by atoms with Gasteiger partial charge in [-0.25, -0.2) is 0 Å². The van der Waals surface area contributed by atoms with Gasteiger partial charge in [-0.2, -0.15) is 0 Å². The number of hydrogen-bond donors (Lipinski definition) is 0. The molecule has 1 aliphatic rings. The van der Waals surface area contributed by atoms with E-state index in [0.29, 0.717) is 24.5 Å². The van der Waals surface area contributed by atoms with Crippen molar-refractivity contribution in [3.05, 3.63) is 35.4 Å². The second-order valence-corrected chi connectivity index (χ2v) is 4.64. The normalized spacial score (nSPS) is 16.0. The third kappa shape index (κ3) is 2.64. The number of halogens is 1. The highest BCUT2D eigenvalue weighted by atomic mass is 35.5. The van der Waals surface area contributed by atoms with Gasteiger partial charge in [-0.3, -0.25) is 9.59 Å². The first-order valence-electron chi connectivity index (χ1n) is 5.80. The number of benzene rings is 1. The maximum absolute atomic E-state index is 12.2. The molecule has 1 heterocycles. The molecule has 0 aromatic heterocycles. The fourth-order valence-electron chi connectivity index (χ4n) is 1.90. The molecule has 0 unspecified atom stereocenters. The van der Waals surface area contributed by atoms with E-state index in [9.17, 15) is 9.59 Å². The molecule has 4 nitrogen and oxygen atoms in total. The average Bonchev–Trinajstić information content (AvgIpc) is 2.41. The van der Waals surface area contributed by atoms with Crippen molar-refractivity contribution in [2.75, 3.05) is 26.7 Å². The molecule has 2 rings (SSSR count). The predicted molar refractivity (Wildman–Crippen MR) is 69.5 cm³/mol. The number of carbonyl (C=O) groups is 2. The number of rotatable bonds is 2. The Morgan fingerprint density at radius 1 is 1.39 bits per heavy atom. The Balaban J connectivity index is 2.13. The number of amides is 2. The van der Waals surface area contributed by atoms with Gasteiger partial charge in [0.1, 0.15) is 6.54 Å². The summed E-state index contributed by atoms with van der Waals surface area (Å²) in [5.74, 6) is 0.245. The lowest BCUT2D eigenvalue weighted by Crippen LogP contribution is -2.50. The van der Waals surface area contributed by atoms with Gasteiger partial charge < -0.3 is 9.80 Å². The maximum atomic E-state index is 12.2. The molecule has 0 atom stereocenters. The number of alkyl halides is 1. The van der Waals surface area contributed by atoms with Crippen molar-refractivity contribution in [2.45, 2.75) is 5.88 Å². The SMILES string of the molecule is CN1CCN(C(=O)c2cccc(CCl)c2)CC1=O. The summed E-state index contributed by atoms with van der Waals surface area (Å²) in [6.45, 7) is 1.31. The van der Waals surface area contributed by atoms with E-state index in [0.717, 1.165) is 5.56 Å². The molecule has 1 aromatic carbocycles. The Morgan fingerprint density at radius 3 is 2.83 bits per heavy atom. The zero-order valence-electron chi connectivity index (χ0n) is 10.2. The highest BCUT2D eigenvalue weighted by Crippen LogP contribution is 2.12. The summed E-state index contributed by atoms with van der Waals surface area (Å²) in [5, 5.41) is 0. The molecule has 5 heteroatoms. The van der Waals surface area contributed by atoms with Gasteiger partial charge in [-0.1, -0.05) is 12.1 Å². The predicted octanol–water partition coefficient (Wildman–Crippen LogP) is 1.34. The van der Waals surface area contributed by atoms with Gasteiger partial charge in [-0.15, -0.1) is 11.6 Å². The average molecular weight is 267 g/mol. The van der Waals surface area contributed by atoms with Gasteiger partial charge in [0, 0.05) is 31.6 Å². The second kappa shape index (κ2) is 5.40. The molecule has 2 amide bonds. The molecule has 0 saturated carbocycles. The van der Waals surface area contributed by atoms with E-state index in [4.69, 9.17) is 11.6 Å². The summed E-state index contributed by atoms with van der Waals surface area (Å²) < 4.78 is 0. The van der Waals surface area contributed by atoms with Gasteiger partial charge >= 0.3 is 0 Å². The molecular formula is C13H15ClN2O2. The largest absolute Gasteiger partial charge is 0.342 e. The standard InChI is InChI=1S/C13H15ClN2O2/c1-15-5-6-16(9-12(15)17)13(18)11-4-2-3-10(7-11)8-14/h2-4,7H,5-6,8-9H2,1H3. The minimum Gasteiger partial charge on any atom is -0.342 e. The Hall–Kier alpha value is -1.55. The monoisotopic (exact) mass is 266 g/mol. The molecule has 18 heavy (non-hydrogen) atoms. The lowest BCUT2D eigenvalue weighted by molar-refractivity contribution is -0.133. The van der Waals surface area contributed by atoms with Gasteiger partial charge in [-0.05, 0) is 17.7 Å². The van der Waals surface area contributed by atoms with Gasteiger partial charge in [0.2, 0.25) is 5.91 Å². The van der Waals surface area contributed by atoms with Crippen LogP contribution in [0.1, 0.15) is 15.9 Å². The zero-order valence-corrected chi connectivity index (χ0v) is 11.0. The molecule has 1 saturated heterocycles. The van der Waals surface area contributed by atoms with E-state index >= 15 is 0 Å². The number of hydrogen-bond acceptors (Lipinski definition) is 2. The summed E-state index contributed by atoms with van der Waals surface area (Å²) in [6, 6.07) is 7.21. The molecule has 1 aliphatic heterocycles. The highest BCUT2D eigenvalue weighted by molar-refractivity contribution is 6.17. The number of nitrogens with zero attached hydrogens (tertiary/aromatic N) is 2. The van der Waals surface area contributed by atoms with Crippen LogP contribution in [-0.4, -0.2) is 48.3 Å². The van der Waals surface area contributed by atoms with Crippen molar-refractivity contribution in [1.82, 2.24) is 9.80 Å². The fourth-order valence-corrected chi connectivity index (χ4v) is 2.07. The molecule has 0 N–H and O–H groups in total. The van der Waals surface area contributed by atoms with E-state index in [2.05, 4.69) is 0 Å². The summed E-state index contributed by atoms with van der Waals surface area (Å²) >= 11 is 5.75. The molecule has 0 aliphatic carbocycles. The van der Waals surface area contributed by atoms with Crippen LogP contribution >= 0.6 is 11.6 Å². The summed E-state index contributed by atoms with van der Waals surface area (Å²) in [5.41, 5.74) is 1.49. The van der Waals surface area contributed by atoms with Crippen LogP contribution in [0.15, 0.2) is 24.3 Å². The van der Waals surface area contributed by atoms with Crippen LogP contribution in [0.25, 0.3) is 0 Å². The smallest absolute Gasteiger partial charge is 0.254 e. The minimum atomic E-state index is -0.108. The zero-order chi connectivity index (χ0) is 13.1. The first kappa shape index (κ1) is 12.9. The van der Waals surface area contributed by atoms with Crippen LogP contribution in [-0.2, 0) is 10.7 Å². The Morgan fingerprint density at radius 2 is 2.17 bits per heavy atom. The van der Waals surface area contributed by atoms with Crippen LogP contribution < -0.4 is 0 Å². The molecule has 0 bridgehead atoms. The van der Waals surface area contributed by atoms with Crippen molar-refractivity contribution < 1.29 is 9.59 Å². The van der Waals surface area contributed by atoms with Crippen LogP contribution in [0.4, 0.5) is 0 Å². The highest BCUT2D eigenvalue weighted by Gasteiger charge is 2.25. The molecule has 0 radical (unpaired) electrons. The van der Waals surface area contributed by atoms with Crippen LogP contribution in [0.3, 0.4) is 0 Å². The maximum Gasteiger partial charge on any atom is 0.254 e. The Labute approximate surface area is 111 Å². The van der Waals surface area contributed by atoms with Crippen LogP contribution in [0.5, 0.6) is 0 Å². The van der Waals surface area contributed by atoms with E-state index in [-0.39, 0.29) is 18.4 Å². The third-order valence-electron chi connectivity index (χ3n) is 3.07. The summed E-state index contributed by atoms with van der Waals surface area (Å²) in [7, 11) is 1.75. The van der Waals surface area contributed by atoms with Gasteiger partial charge in [0.05, 0.1) is 0 Å². The van der Waals surface area contributed by atoms with Gasteiger partial charge in [0.25, 0.3) is 5.91 Å². The summed E-state index contributed by atoms with van der Waals surface area (Å²) in [4.78, 5) is 27.0. The third-order valence-corrected chi connectivity index (χ3v) is 3.38. The minimum absolute atomic E-state index is 0.0249. The topological polar surface area (TPSA) is 40.6 Å². The molecule has 96 valence electrons. The van der Waals surface area contributed by atoms with Crippen molar-refractivity contribution in [3.63, 3.8) is 0 Å². The van der Waals surface area contributed by atoms with Crippen molar-refractivity contribution in [1.29, 1.82) is 0 Å². The lowest BCUT2D eigenvalue weighted by Gasteiger charge is -2.32. The second-order valence-electron chi connectivity index (χ2n) is 4.38. The first-order valence-corrected chi connectivity index (χ1v) is 6.33. The van der Waals surface area contributed by atoms with Gasteiger partial charge in [0.15, 0.2) is 0 Å². The molecule has 1 aromatic rings. The lowest BCUT2D eigenvalue weighted by atomic mass is 10.1. The van der Waals surface area contributed by atoms with Crippen molar-refractivity contribution in [2.24, 2.45) is 0 Å². The van der Waals surface area contributed by atoms with Crippen LogP contribution in [0, 0.1) is 0 Å². The van der Waals surface area contributed by atoms with E-state index in [1.807, 2.05) is 12.1 Å². The molecule has 0 spiro atoms. The number of piperazine rings is 1. The Kier molecular flexibility index (Phi) is 3.87. The number of likely N-dealkylation sites (N-methyl/N-ethyl adjacent to an activating group) is 1. The van der Waals surface area contributed by atoms with E-state index in [1.165, 1.54) is 0 Å².